The average Bonchev–Trinajstić information content (AvgIpc) is 3.33. The largest absolute Gasteiger partial charge is 0.396 e. The molecule has 2 aliphatic heterocycles. The van der Waals surface area contributed by atoms with Gasteiger partial charge in [-0.25, -0.2) is 0 Å². The van der Waals surface area contributed by atoms with E-state index in [1.165, 1.54) is 5.56 Å². The molecule has 0 spiro atoms. The van der Waals surface area contributed by atoms with E-state index in [1.54, 1.807) is 7.05 Å². The monoisotopic (exact) mass is 489 g/mol. The number of rotatable bonds is 7. The van der Waals surface area contributed by atoms with Crippen LogP contribution in [0, 0.1) is 11.3 Å². The molecule has 6 nitrogen and oxygen atoms in total. The number of halogens is 1. The number of benzene rings is 1. The fraction of sp³-hybridized carbons (Fsp3) is 0.650. The predicted octanol–water partition coefficient (Wildman–Crippen LogP) is 2.34. The molecule has 1 aromatic carbocycles. The summed E-state index contributed by atoms with van der Waals surface area (Å²) >= 11 is 0. The van der Waals surface area contributed by atoms with E-state index in [0.29, 0.717) is 12.5 Å². The maximum atomic E-state index is 9.36. The molecular formula is C20H32IN3O3. The fourth-order valence-electron chi connectivity index (χ4n) is 3.89. The number of hydrogen-bond donors (Lipinski definition) is 3. The molecular weight excluding hydrogens is 457 g/mol. The van der Waals surface area contributed by atoms with Crippen LogP contribution in [0.4, 0.5) is 0 Å². The van der Waals surface area contributed by atoms with Crippen LogP contribution in [-0.4, -0.2) is 57.6 Å². The van der Waals surface area contributed by atoms with E-state index >= 15 is 0 Å². The van der Waals surface area contributed by atoms with E-state index < -0.39 is 0 Å². The summed E-state index contributed by atoms with van der Waals surface area (Å²) in [6.07, 6.45) is 2.92. The Labute approximate surface area is 179 Å². The summed E-state index contributed by atoms with van der Waals surface area (Å²) in [6, 6.07) is 10.4. The van der Waals surface area contributed by atoms with Crippen LogP contribution >= 0.6 is 24.0 Å². The molecule has 0 radical (unpaired) electrons. The SMILES string of the molecule is CN=C(NCC1CCOC1c1ccccc1)NCC1(CCO)CCOC1.I. The van der Waals surface area contributed by atoms with Gasteiger partial charge >= 0.3 is 0 Å². The van der Waals surface area contributed by atoms with Crippen LogP contribution in [0.5, 0.6) is 0 Å². The summed E-state index contributed by atoms with van der Waals surface area (Å²) in [4.78, 5) is 4.35. The topological polar surface area (TPSA) is 75.1 Å². The normalized spacial score (nSPS) is 28.0. The van der Waals surface area contributed by atoms with Gasteiger partial charge in [-0.15, -0.1) is 24.0 Å². The second-order valence-electron chi connectivity index (χ2n) is 7.33. The fourth-order valence-corrected chi connectivity index (χ4v) is 3.89. The zero-order valence-corrected chi connectivity index (χ0v) is 18.4. The molecule has 3 atom stereocenters. The van der Waals surface area contributed by atoms with Crippen molar-refractivity contribution in [2.24, 2.45) is 16.3 Å². The first kappa shape index (κ1) is 22.4. The molecule has 3 rings (SSSR count). The van der Waals surface area contributed by atoms with Crippen molar-refractivity contribution in [3.63, 3.8) is 0 Å². The molecule has 0 bridgehead atoms. The van der Waals surface area contributed by atoms with Crippen molar-refractivity contribution in [1.29, 1.82) is 0 Å². The van der Waals surface area contributed by atoms with Crippen molar-refractivity contribution in [2.45, 2.75) is 25.4 Å². The van der Waals surface area contributed by atoms with Crippen molar-refractivity contribution >= 4 is 29.9 Å². The Morgan fingerprint density at radius 1 is 1.26 bits per heavy atom. The molecule has 2 heterocycles. The van der Waals surface area contributed by atoms with Gasteiger partial charge in [0.15, 0.2) is 5.96 Å². The second-order valence-corrected chi connectivity index (χ2v) is 7.33. The minimum atomic E-state index is 0. The highest BCUT2D eigenvalue weighted by atomic mass is 127. The van der Waals surface area contributed by atoms with Crippen LogP contribution in [0.15, 0.2) is 35.3 Å². The number of hydrogen-bond acceptors (Lipinski definition) is 4. The molecule has 0 aliphatic carbocycles. The van der Waals surface area contributed by atoms with Crippen molar-refractivity contribution in [1.82, 2.24) is 10.6 Å². The van der Waals surface area contributed by atoms with Gasteiger partial charge in [0.2, 0.25) is 0 Å². The van der Waals surface area contributed by atoms with Gasteiger partial charge in [-0.05, 0) is 24.8 Å². The van der Waals surface area contributed by atoms with Gasteiger partial charge in [-0.1, -0.05) is 30.3 Å². The lowest BCUT2D eigenvalue weighted by molar-refractivity contribution is 0.0914. The molecule has 3 N–H and O–H groups in total. The van der Waals surface area contributed by atoms with Crippen LogP contribution in [-0.2, 0) is 9.47 Å². The minimum absolute atomic E-state index is 0. The van der Waals surface area contributed by atoms with Crippen molar-refractivity contribution in [3.8, 4) is 0 Å². The second kappa shape index (κ2) is 11.2. The standard InChI is InChI=1S/C20H31N3O3.HI/c1-21-19(23-14-20(8-10-24)9-12-25-15-20)22-13-17-7-11-26-18(17)16-5-3-2-4-6-16;/h2-6,17-18,24H,7-15H2,1H3,(H2,21,22,23);1H. The summed E-state index contributed by atoms with van der Waals surface area (Å²) in [5, 5.41) is 16.2. The van der Waals surface area contributed by atoms with E-state index in [9.17, 15) is 5.11 Å². The van der Waals surface area contributed by atoms with Crippen molar-refractivity contribution in [3.05, 3.63) is 35.9 Å². The number of aliphatic hydroxyl groups excluding tert-OH is 1. The van der Waals surface area contributed by atoms with Crippen LogP contribution in [0.3, 0.4) is 0 Å². The van der Waals surface area contributed by atoms with Crippen molar-refractivity contribution < 1.29 is 14.6 Å². The first-order chi connectivity index (χ1) is 12.8. The molecule has 2 saturated heterocycles. The molecule has 27 heavy (non-hydrogen) atoms. The van der Waals surface area contributed by atoms with Gasteiger partial charge in [0.25, 0.3) is 0 Å². The summed E-state index contributed by atoms with van der Waals surface area (Å²) in [5.41, 5.74) is 1.25. The highest BCUT2D eigenvalue weighted by Crippen LogP contribution is 2.34. The molecule has 7 heteroatoms. The van der Waals surface area contributed by atoms with Crippen LogP contribution in [0.2, 0.25) is 0 Å². The molecule has 152 valence electrons. The average molecular weight is 489 g/mol. The summed E-state index contributed by atoms with van der Waals surface area (Å²) in [6.45, 7) is 4.04. The van der Waals surface area contributed by atoms with E-state index in [4.69, 9.17) is 9.47 Å². The number of ether oxygens (including phenoxy) is 2. The maximum Gasteiger partial charge on any atom is 0.191 e. The van der Waals surface area contributed by atoms with Gasteiger partial charge in [0.05, 0.1) is 12.7 Å². The quantitative estimate of drug-likeness (QED) is 0.312. The molecule has 0 aromatic heterocycles. The Bertz CT molecular complexity index is 579. The smallest absolute Gasteiger partial charge is 0.191 e. The van der Waals surface area contributed by atoms with Crippen molar-refractivity contribution in [2.75, 3.05) is 46.6 Å². The Morgan fingerprint density at radius 2 is 2.07 bits per heavy atom. The molecule has 3 unspecified atom stereocenters. The maximum absolute atomic E-state index is 9.36. The lowest BCUT2D eigenvalue weighted by Gasteiger charge is -2.28. The molecule has 1 aromatic rings. The third-order valence-electron chi connectivity index (χ3n) is 5.56. The Hall–Kier alpha value is -0.900. The summed E-state index contributed by atoms with van der Waals surface area (Å²) < 4.78 is 11.5. The van der Waals surface area contributed by atoms with E-state index in [-0.39, 0.29) is 42.1 Å². The lowest BCUT2D eigenvalue weighted by Crippen LogP contribution is -2.45. The number of aliphatic imine (C=N–C) groups is 1. The Balaban J connectivity index is 0.00000261. The predicted molar refractivity (Wildman–Crippen MR) is 118 cm³/mol. The Morgan fingerprint density at radius 3 is 2.74 bits per heavy atom. The summed E-state index contributed by atoms with van der Waals surface area (Å²) in [7, 11) is 1.79. The zero-order valence-electron chi connectivity index (χ0n) is 16.0. The number of aliphatic hydroxyl groups is 1. The first-order valence-electron chi connectivity index (χ1n) is 9.56. The molecule has 2 aliphatic rings. The van der Waals surface area contributed by atoms with E-state index in [2.05, 4.69) is 39.9 Å². The third-order valence-corrected chi connectivity index (χ3v) is 5.56. The van der Waals surface area contributed by atoms with Gasteiger partial charge in [-0.3, -0.25) is 4.99 Å². The third kappa shape index (κ3) is 6.04. The number of guanidine groups is 1. The molecule has 0 amide bonds. The van der Waals surface area contributed by atoms with Gasteiger partial charge < -0.3 is 25.2 Å². The number of nitrogens with one attached hydrogen (secondary N) is 2. The zero-order chi connectivity index (χ0) is 18.2. The highest BCUT2D eigenvalue weighted by molar-refractivity contribution is 14.0. The van der Waals surface area contributed by atoms with Crippen LogP contribution in [0.25, 0.3) is 0 Å². The van der Waals surface area contributed by atoms with Gasteiger partial charge in [0.1, 0.15) is 0 Å². The van der Waals surface area contributed by atoms with E-state index in [1.807, 2.05) is 6.07 Å². The van der Waals surface area contributed by atoms with Crippen LogP contribution < -0.4 is 10.6 Å². The molecule has 0 saturated carbocycles. The highest BCUT2D eigenvalue weighted by Gasteiger charge is 2.35. The minimum Gasteiger partial charge on any atom is -0.396 e. The van der Waals surface area contributed by atoms with Gasteiger partial charge in [0, 0.05) is 51.3 Å². The first-order valence-corrected chi connectivity index (χ1v) is 9.56. The van der Waals surface area contributed by atoms with E-state index in [0.717, 1.165) is 51.5 Å². The number of nitrogens with zero attached hydrogens (tertiary/aromatic N) is 1. The van der Waals surface area contributed by atoms with Crippen LogP contribution in [0.1, 0.15) is 30.9 Å². The Kier molecular flexibility index (Phi) is 9.28. The lowest BCUT2D eigenvalue weighted by atomic mass is 9.84. The summed E-state index contributed by atoms with van der Waals surface area (Å²) in [5.74, 6) is 1.23. The molecule has 2 fully saturated rings. The van der Waals surface area contributed by atoms with Gasteiger partial charge in [-0.2, -0.15) is 0 Å².